The first-order valence-electron chi connectivity index (χ1n) is 7.43. The topological polar surface area (TPSA) is 94.5 Å². The largest absolute Gasteiger partial charge is 0.343 e. The number of halogens is 2. The number of aryl methyl sites for hydroxylation is 1. The van der Waals surface area contributed by atoms with Gasteiger partial charge >= 0.3 is 5.69 Å². The molecule has 3 rings (SSSR count). The van der Waals surface area contributed by atoms with Gasteiger partial charge in [-0.1, -0.05) is 0 Å². The van der Waals surface area contributed by atoms with E-state index in [0.29, 0.717) is 0 Å². The third-order valence-corrected chi connectivity index (χ3v) is 4.81. The van der Waals surface area contributed by atoms with E-state index in [1.165, 1.54) is 15.9 Å². The van der Waals surface area contributed by atoms with E-state index in [2.05, 4.69) is 15.3 Å². The van der Waals surface area contributed by atoms with E-state index in [1.807, 2.05) is 25.4 Å². The summed E-state index contributed by atoms with van der Waals surface area (Å²) in [4.78, 5) is 13.9. The molecule has 10 heteroatoms. The molecule has 0 saturated carbocycles. The van der Waals surface area contributed by atoms with E-state index < -0.39 is 11.8 Å². The van der Waals surface area contributed by atoms with Crippen molar-refractivity contribution in [2.24, 2.45) is 12.8 Å². The summed E-state index contributed by atoms with van der Waals surface area (Å²) in [6.45, 7) is -0.0328. The number of nitrogens with zero attached hydrogens (tertiary/aromatic N) is 4. The Hall–Kier alpha value is -2.59. The van der Waals surface area contributed by atoms with Crippen LogP contribution in [0.3, 0.4) is 0 Å². The van der Waals surface area contributed by atoms with E-state index >= 15 is 0 Å². The number of H-pyrrole nitrogens is 1. The van der Waals surface area contributed by atoms with E-state index in [0.717, 1.165) is 15.3 Å². The molecule has 0 atom stereocenters. The van der Waals surface area contributed by atoms with Gasteiger partial charge in [0.25, 0.3) is 6.08 Å². The minimum atomic E-state index is -1.83. The molecule has 25 heavy (non-hydrogen) atoms. The van der Waals surface area contributed by atoms with Gasteiger partial charge in [0.05, 0.1) is 12.7 Å². The number of hydrogen-bond acceptors (Lipinski definition) is 5. The third kappa shape index (κ3) is 3.74. The second kappa shape index (κ2) is 7.11. The fraction of sp³-hybridized carbons (Fsp3) is 0.267. The molecule has 0 fully saturated rings. The molecule has 0 aliphatic rings. The van der Waals surface area contributed by atoms with Crippen molar-refractivity contribution in [3.05, 3.63) is 57.4 Å². The van der Waals surface area contributed by atoms with Crippen molar-refractivity contribution >= 4 is 11.3 Å². The molecule has 0 saturated heterocycles. The lowest BCUT2D eigenvalue weighted by Crippen LogP contribution is -2.20. The van der Waals surface area contributed by atoms with E-state index in [9.17, 15) is 13.6 Å². The molecule has 0 aliphatic heterocycles. The highest BCUT2D eigenvalue weighted by Crippen LogP contribution is 2.28. The Bertz CT molecular complexity index is 963. The fourth-order valence-corrected chi connectivity index (χ4v) is 3.35. The molecule has 3 heterocycles. The summed E-state index contributed by atoms with van der Waals surface area (Å²) in [7, 11) is 1.84. The Kier molecular flexibility index (Phi) is 4.91. The summed E-state index contributed by atoms with van der Waals surface area (Å²) in [5, 5.41) is 10.3. The molecule has 0 unspecified atom stereocenters. The molecular weight excluding hydrogens is 350 g/mol. The normalized spacial score (nSPS) is 11.0. The lowest BCUT2D eigenvalue weighted by atomic mass is 10.2. The predicted molar refractivity (Wildman–Crippen MR) is 90.5 cm³/mol. The molecule has 3 N–H and O–H groups in total. The second-order valence-electron chi connectivity index (χ2n) is 5.44. The Morgan fingerprint density at radius 2 is 2.20 bits per heavy atom. The molecule has 0 amide bonds. The second-order valence-corrected chi connectivity index (χ2v) is 6.61. The van der Waals surface area contributed by atoms with Crippen LogP contribution in [0.5, 0.6) is 0 Å². The Labute approximate surface area is 145 Å². The van der Waals surface area contributed by atoms with Gasteiger partial charge in [0.1, 0.15) is 5.82 Å². The Morgan fingerprint density at radius 1 is 1.40 bits per heavy atom. The fourth-order valence-electron chi connectivity index (χ4n) is 2.38. The molecule has 0 spiro atoms. The van der Waals surface area contributed by atoms with Crippen LogP contribution in [0.4, 0.5) is 8.78 Å². The summed E-state index contributed by atoms with van der Waals surface area (Å²) >= 11 is 1.51. The van der Waals surface area contributed by atoms with Gasteiger partial charge < -0.3 is 5.73 Å². The zero-order valence-electron chi connectivity index (χ0n) is 13.4. The molecule has 0 aromatic carbocycles. The quantitative estimate of drug-likeness (QED) is 0.695. The van der Waals surface area contributed by atoms with Gasteiger partial charge in [0.2, 0.25) is 0 Å². The van der Waals surface area contributed by atoms with Crippen molar-refractivity contribution in [2.45, 2.75) is 13.0 Å². The smallest absolute Gasteiger partial charge is 0.327 e. The molecule has 0 bridgehead atoms. The van der Waals surface area contributed by atoms with Crippen LogP contribution < -0.4 is 11.4 Å². The van der Waals surface area contributed by atoms with Crippen molar-refractivity contribution in [1.82, 2.24) is 24.5 Å². The molecule has 0 aliphatic carbocycles. The van der Waals surface area contributed by atoms with E-state index in [1.54, 1.807) is 10.9 Å². The predicted octanol–water partition coefficient (Wildman–Crippen LogP) is 1.73. The third-order valence-electron chi connectivity index (χ3n) is 3.69. The van der Waals surface area contributed by atoms with Crippen LogP contribution >= 0.6 is 11.3 Å². The zero-order valence-corrected chi connectivity index (χ0v) is 14.2. The van der Waals surface area contributed by atoms with E-state index in [4.69, 9.17) is 5.73 Å². The average molecular weight is 366 g/mol. The summed E-state index contributed by atoms with van der Waals surface area (Å²) in [5.41, 5.74) is 5.63. The summed E-state index contributed by atoms with van der Waals surface area (Å²) < 4.78 is 28.7. The maximum Gasteiger partial charge on any atom is 0.343 e. The van der Waals surface area contributed by atoms with Crippen LogP contribution in [0, 0.1) is 0 Å². The summed E-state index contributed by atoms with van der Waals surface area (Å²) in [6, 6.07) is 3.83. The van der Waals surface area contributed by atoms with Crippen molar-refractivity contribution in [3.8, 4) is 10.4 Å². The number of nitrogens with one attached hydrogen (secondary N) is 1. The van der Waals surface area contributed by atoms with Gasteiger partial charge in [0.15, 0.2) is 0 Å². The lowest BCUT2D eigenvalue weighted by molar-refractivity contribution is 0.407. The number of rotatable bonds is 6. The summed E-state index contributed by atoms with van der Waals surface area (Å²) in [5.74, 6) is 0.231. The molecule has 3 aromatic heterocycles. The van der Waals surface area contributed by atoms with Crippen LogP contribution in [0.25, 0.3) is 10.4 Å². The highest BCUT2D eigenvalue weighted by molar-refractivity contribution is 7.15. The first-order chi connectivity index (χ1) is 12.0. The van der Waals surface area contributed by atoms with Crippen molar-refractivity contribution < 1.29 is 8.78 Å². The highest BCUT2D eigenvalue weighted by atomic mass is 32.1. The van der Waals surface area contributed by atoms with Gasteiger partial charge in [0, 0.05) is 47.1 Å². The molecular formula is C15H16F2N6OS. The molecule has 0 radical (unpaired) electrons. The maximum atomic E-state index is 12.8. The van der Waals surface area contributed by atoms with Crippen LogP contribution in [0.2, 0.25) is 0 Å². The standard InChI is InChI=1S/C15H16F2N6OS/c1-22-7-10(6-19-22)12-3-2-11(25-12)8-23-13(20-21-15(23)24)4-9(5-18)14(16)17/h2-3,6-7H,4-5,8,18H2,1H3,(H,21,24). The molecule has 132 valence electrons. The van der Waals surface area contributed by atoms with Crippen LogP contribution in [-0.2, 0) is 20.0 Å². The molecule has 7 nitrogen and oxygen atoms in total. The minimum absolute atomic E-state index is 0.168. The van der Waals surface area contributed by atoms with Crippen LogP contribution in [-0.4, -0.2) is 31.1 Å². The van der Waals surface area contributed by atoms with Gasteiger partial charge in [-0.05, 0) is 12.1 Å². The van der Waals surface area contributed by atoms with Crippen molar-refractivity contribution in [2.75, 3.05) is 6.54 Å². The monoisotopic (exact) mass is 366 g/mol. The number of aromatic amines is 1. The van der Waals surface area contributed by atoms with Gasteiger partial charge in [-0.3, -0.25) is 9.25 Å². The first-order valence-corrected chi connectivity index (χ1v) is 8.24. The zero-order chi connectivity index (χ0) is 18.0. The Balaban J connectivity index is 1.84. The van der Waals surface area contributed by atoms with Gasteiger partial charge in [-0.2, -0.15) is 19.0 Å². The van der Waals surface area contributed by atoms with Crippen LogP contribution in [0.1, 0.15) is 10.7 Å². The SMILES string of the molecule is Cn1cc(-c2ccc(Cn3c(CC(CN)=C(F)F)n[nH]c3=O)s2)cn1. The van der Waals surface area contributed by atoms with Crippen molar-refractivity contribution in [1.29, 1.82) is 0 Å². The first kappa shape index (κ1) is 17.2. The number of nitrogens with two attached hydrogens (primary N) is 1. The van der Waals surface area contributed by atoms with Gasteiger partial charge in [-0.25, -0.2) is 9.89 Å². The number of aromatic nitrogens is 5. The number of thiophene rings is 1. The van der Waals surface area contributed by atoms with Crippen LogP contribution in [0.15, 0.2) is 41.0 Å². The average Bonchev–Trinajstić information content (AvgIpc) is 3.28. The maximum absolute atomic E-state index is 12.8. The molecule has 3 aromatic rings. The minimum Gasteiger partial charge on any atom is -0.327 e. The van der Waals surface area contributed by atoms with Crippen molar-refractivity contribution in [3.63, 3.8) is 0 Å². The summed E-state index contributed by atoms with van der Waals surface area (Å²) in [6.07, 6.45) is 1.65. The van der Waals surface area contributed by atoms with Gasteiger partial charge in [-0.15, -0.1) is 11.3 Å². The Morgan fingerprint density at radius 3 is 2.84 bits per heavy atom. The van der Waals surface area contributed by atoms with E-state index in [-0.39, 0.29) is 30.9 Å². The lowest BCUT2D eigenvalue weighted by Gasteiger charge is -2.05. The highest BCUT2D eigenvalue weighted by Gasteiger charge is 2.15. The number of hydrogen-bond donors (Lipinski definition) is 2.